The predicted octanol–water partition coefficient (Wildman–Crippen LogP) is 5.93. The van der Waals surface area contributed by atoms with Crippen LogP contribution in [0.2, 0.25) is 10.0 Å². The summed E-state index contributed by atoms with van der Waals surface area (Å²) < 4.78 is 11.8. The van der Waals surface area contributed by atoms with E-state index in [9.17, 15) is 9.59 Å². The highest BCUT2D eigenvalue weighted by atomic mass is 35.5. The van der Waals surface area contributed by atoms with Crippen molar-refractivity contribution < 1.29 is 19.1 Å². The lowest BCUT2D eigenvalue weighted by Gasteiger charge is -2.47. The van der Waals surface area contributed by atoms with Gasteiger partial charge in [0.15, 0.2) is 0 Å². The lowest BCUT2D eigenvalue weighted by Crippen LogP contribution is -2.57. The van der Waals surface area contributed by atoms with Crippen molar-refractivity contribution >= 4 is 40.7 Å². The molecule has 0 saturated carbocycles. The fourth-order valence-electron chi connectivity index (χ4n) is 6.27. The zero-order valence-electron chi connectivity index (χ0n) is 22.1. The van der Waals surface area contributed by atoms with Gasteiger partial charge < -0.3 is 20.1 Å². The monoisotopic (exact) mass is 574 g/mol. The summed E-state index contributed by atoms with van der Waals surface area (Å²) in [5, 5.41) is 7.22. The van der Waals surface area contributed by atoms with Gasteiger partial charge in [-0.2, -0.15) is 0 Å². The zero-order chi connectivity index (χ0) is 28.2. The number of carbonyl (C=O) groups excluding carboxylic acids is 2. The summed E-state index contributed by atoms with van der Waals surface area (Å²) in [6.45, 7) is 5.68. The average molecular weight is 575 g/mol. The Labute approximate surface area is 243 Å². The number of hydrogen-bond donors (Lipinski definition) is 2. The quantitative estimate of drug-likeness (QED) is 0.370. The van der Waals surface area contributed by atoms with Gasteiger partial charge in [0.05, 0.1) is 25.9 Å². The predicted molar refractivity (Wildman–Crippen MR) is 155 cm³/mol. The van der Waals surface area contributed by atoms with Crippen LogP contribution in [0.25, 0.3) is 0 Å². The van der Waals surface area contributed by atoms with Crippen molar-refractivity contribution in [1.29, 1.82) is 0 Å². The van der Waals surface area contributed by atoms with Crippen molar-refractivity contribution in [2.45, 2.75) is 37.6 Å². The number of hydrogen-bond acceptors (Lipinski definition) is 4. The summed E-state index contributed by atoms with van der Waals surface area (Å²) >= 11 is 12.8. The van der Waals surface area contributed by atoms with Gasteiger partial charge in [0, 0.05) is 44.6 Å². The highest BCUT2D eigenvalue weighted by Gasteiger charge is 2.62. The van der Waals surface area contributed by atoms with E-state index in [0.29, 0.717) is 52.4 Å². The van der Waals surface area contributed by atoms with Crippen molar-refractivity contribution in [3.63, 3.8) is 0 Å². The van der Waals surface area contributed by atoms with Crippen molar-refractivity contribution in [1.82, 2.24) is 5.32 Å². The smallest absolute Gasteiger partial charge is 0.238 e. The summed E-state index contributed by atoms with van der Waals surface area (Å²) in [7, 11) is 0. The molecule has 3 aliphatic rings. The molecule has 2 N–H and O–H groups in total. The van der Waals surface area contributed by atoms with Crippen molar-refractivity contribution in [3.8, 4) is 18.1 Å². The molecule has 0 bridgehead atoms. The van der Waals surface area contributed by atoms with Gasteiger partial charge in [0.25, 0.3) is 0 Å². The summed E-state index contributed by atoms with van der Waals surface area (Å²) in [5.41, 5.74) is 3.00. The number of amides is 2. The van der Waals surface area contributed by atoms with E-state index in [-0.39, 0.29) is 23.7 Å². The average Bonchev–Trinajstić information content (AvgIpc) is 3.19. The Morgan fingerprint density at radius 3 is 2.52 bits per heavy atom. The second-order valence-electron chi connectivity index (χ2n) is 11.3. The number of halogens is 2. The molecule has 3 aromatic rings. The number of nitrogens with one attached hydrogen (secondary N) is 2. The van der Waals surface area contributed by atoms with Crippen LogP contribution in [0, 0.1) is 24.7 Å². The number of fused-ring (bicyclic) bond motifs is 2. The van der Waals surface area contributed by atoms with Gasteiger partial charge in [-0.05, 0) is 66.1 Å². The molecule has 2 saturated heterocycles. The molecule has 3 aromatic carbocycles. The molecule has 1 spiro atoms. The molecule has 6 nitrogen and oxygen atoms in total. The molecule has 2 amide bonds. The number of anilines is 1. The summed E-state index contributed by atoms with van der Waals surface area (Å²) in [6.07, 6.45) is 5.88. The first kappa shape index (κ1) is 26.7. The number of carbonyl (C=O) groups is 2. The van der Waals surface area contributed by atoms with Crippen LogP contribution < -0.4 is 15.4 Å². The molecule has 0 aromatic heterocycles. The molecule has 1 unspecified atom stereocenters. The number of aryl methyl sites for hydroxylation is 1. The van der Waals surface area contributed by atoms with E-state index in [0.717, 1.165) is 16.7 Å². The first-order chi connectivity index (χ1) is 19.1. The molecular formula is C32H28Cl2N2O4. The van der Waals surface area contributed by atoms with E-state index in [1.54, 1.807) is 18.2 Å². The first-order valence-corrected chi connectivity index (χ1v) is 13.9. The maximum absolute atomic E-state index is 14.4. The maximum Gasteiger partial charge on any atom is 0.238 e. The minimum atomic E-state index is -1.24. The third-order valence-corrected chi connectivity index (χ3v) is 8.80. The maximum atomic E-state index is 14.4. The number of rotatable bonds is 5. The minimum Gasteiger partial charge on any atom is -0.493 e. The molecule has 3 heterocycles. The summed E-state index contributed by atoms with van der Waals surface area (Å²) in [5.74, 6) is 2.25. The Balaban J connectivity index is 1.60. The topological polar surface area (TPSA) is 76.7 Å². The first-order valence-electron chi connectivity index (χ1n) is 13.1. The van der Waals surface area contributed by atoms with Crippen LogP contribution in [0.15, 0.2) is 54.6 Å². The van der Waals surface area contributed by atoms with Crippen LogP contribution in [0.1, 0.15) is 53.1 Å². The second kappa shape index (κ2) is 9.85. The van der Waals surface area contributed by atoms with Gasteiger partial charge in [0.2, 0.25) is 11.8 Å². The zero-order valence-corrected chi connectivity index (χ0v) is 23.7. The molecule has 0 aliphatic carbocycles. The number of benzene rings is 3. The Bertz CT molecular complexity index is 1590. The van der Waals surface area contributed by atoms with Gasteiger partial charge in [0.1, 0.15) is 11.2 Å². The normalized spacial score (nSPS) is 24.5. The van der Waals surface area contributed by atoms with Crippen molar-refractivity contribution in [3.05, 3.63) is 92.5 Å². The molecule has 40 heavy (non-hydrogen) atoms. The molecule has 0 radical (unpaired) electrons. The van der Waals surface area contributed by atoms with E-state index >= 15 is 0 Å². The minimum absolute atomic E-state index is 0.0519. The molecule has 6 rings (SSSR count). The van der Waals surface area contributed by atoms with Gasteiger partial charge in [-0.1, -0.05) is 48.2 Å². The van der Waals surface area contributed by atoms with Crippen LogP contribution in [-0.2, 0) is 19.7 Å². The Kier molecular flexibility index (Phi) is 6.58. The number of terminal acetylenes is 1. The Morgan fingerprint density at radius 2 is 1.80 bits per heavy atom. The summed E-state index contributed by atoms with van der Waals surface area (Å²) in [6, 6.07) is 15.7. The molecule has 2 fully saturated rings. The lowest BCUT2D eigenvalue weighted by molar-refractivity contribution is -0.131. The van der Waals surface area contributed by atoms with Crippen LogP contribution >= 0.6 is 23.2 Å². The van der Waals surface area contributed by atoms with E-state index in [2.05, 4.69) is 23.5 Å². The molecule has 204 valence electrons. The lowest BCUT2D eigenvalue weighted by atomic mass is 9.58. The molecule has 3 atom stereocenters. The number of ether oxygens (including phenoxy) is 2. The van der Waals surface area contributed by atoms with E-state index in [4.69, 9.17) is 39.1 Å². The SMILES string of the molecule is C#Cc1ccc(OCC2(C)COC2)c([C@H]2CC(=O)N[C@@H](c3cc(Cl)ccc3C)C23C(=O)Nc2cc(Cl)ccc23)c1. The van der Waals surface area contributed by atoms with Gasteiger partial charge in [-0.15, -0.1) is 6.42 Å². The van der Waals surface area contributed by atoms with Crippen molar-refractivity contribution in [2.24, 2.45) is 5.41 Å². The van der Waals surface area contributed by atoms with E-state index < -0.39 is 17.4 Å². The van der Waals surface area contributed by atoms with Crippen LogP contribution in [0.3, 0.4) is 0 Å². The standard InChI is InChI=1S/C32H28Cl2N2O4/c1-4-19-6-10-27(40-17-31(3)15-39-16-31)23(11-19)25-14-28(37)36-29(22-12-20(33)7-5-18(22)2)32(25)24-9-8-21(34)13-26(24)35-30(32)38/h1,5-13,25,29H,14-17H2,2-3H3,(H,35,38)(H,36,37)/t25-,29+,32?/m1/s1. The van der Waals surface area contributed by atoms with Crippen LogP contribution in [0.5, 0.6) is 5.75 Å². The van der Waals surface area contributed by atoms with Gasteiger partial charge in [-0.3, -0.25) is 9.59 Å². The van der Waals surface area contributed by atoms with E-state index in [1.807, 2.05) is 43.3 Å². The second-order valence-corrected chi connectivity index (χ2v) is 12.1. The van der Waals surface area contributed by atoms with Crippen LogP contribution in [-0.4, -0.2) is 31.6 Å². The fraction of sp³-hybridized carbons (Fsp3) is 0.312. The summed E-state index contributed by atoms with van der Waals surface area (Å²) in [4.78, 5) is 27.9. The Hall–Kier alpha value is -3.50. The third kappa shape index (κ3) is 4.25. The Morgan fingerprint density at radius 1 is 1.05 bits per heavy atom. The largest absolute Gasteiger partial charge is 0.493 e. The highest BCUT2D eigenvalue weighted by Crippen LogP contribution is 2.59. The third-order valence-electron chi connectivity index (χ3n) is 8.33. The van der Waals surface area contributed by atoms with Crippen LogP contribution in [0.4, 0.5) is 5.69 Å². The molecule has 3 aliphatic heterocycles. The van der Waals surface area contributed by atoms with E-state index in [1.165, 1.54) is 0 Å². The van der Waals surface area contributed by atoms with Crippen molar-refractivity contribution in [2.75, 3.05) is 25.1 Å². The highest BCUT2D eigenvalue weighted by molar-refractivity contribution is 6.31. The fourth-order valence-corrected chi connectivity index (χ4v) is 6.62. The molecular weight excluding hydrogens is 547 g/mol. The van der Waals surface area contributed by atoms with Gasteiger partial charge in [-0.25, -0.2) is 0 Å². The van der Waals surface area contributed by atoms with Gasteiger partial charge >= 0.3 is 0 Å². The molecule has 8 heteroatoms. The number of piperidine rings is 1.